The lowest BCUT2D eigenvalue weighted by molar-refractivity contribution is -0.265. The Kier molecular flexibility index (Phi) is 5.81. The highest BCUT2D eigenvalue weighted by atomic mass is 16.6. The molecule has 0 saturated heterocycles. The average molecular weight is 491 g/mol. The Morgan fingerprint density at radius 2 is 1.71 bits per heavy atom. The van der Waals surface area contributed by atoms with Crippen molar-refractivity contribution in [3.05, 3.63) is 23.3 Å². The minimum atomic E-state index is -1.91. The van der Waals surface area contributed by atoms with Crippen molar-refractivity contribution in [3.63, 3.8) is 0 Å². The Morgan fingerprint density at radius 1 is 1.06 bits per heavy atom. The van der Waals surface area contributed by atoms with Crippen molar-refractivity contribution in [1.82, 2.24) is 0 Å². The number of hydrogen-bond donors (Lipinski definition) is 5. The molecular formula is C28H42O7. The highest BCUT2D eigenvalue weighted by molar-refractivity contribution is 5.97. The molecule has 5 rings (SSSR count). The van der Waals surface area contributed by atoms with E-state index in [0.29, 0.717) is 32.1 Å². The molecule has 0 spiro atoms. The molecule has 7 heteroatoms. The van der Waals surface area contributed by atoms with Gasteiger partial charge in [-0.15, -0.1) is 0 Å². The molecule has 1 aliphatic heterocycles. The summed E-state index contributed by atoms with van der Waals surface area (Å²) in [5, 5.41) is 56.1. The lowest BCUT2D eigenvalue weighted by atomic mass is 9.42. The van der Waals surface area contributed by atoms with Crippen LogP contribution in [0, 0.1) is 34.5 Å². The molecule has 12 atom stereocenters. The Hall–Kier alpha value is -1.09. The number of rotatable bonds is 2. The van der Waals surface area contributed by atoms with Crippen molar-refractivity contribution in [2.24, 2.45) is 34.5 Å². The van der Waals surface area contributed by atoms with Gasteiger partial charge < -0.3 is 30.3 Å². The fourth-order valence-corrected chi connectivity index (χ4v) is 9.19. The van der Waals surface area contributed by atoms with Crippen LogP contribution in [0.1, 0.15) is 73.1 Å². The summed E-state index contributed by atoms with van der Waals surface area (Å²) in [7, 11) is 0. The van der Waals surface area contributed by atoms with Crippen LogP contribution in [0.25, 0.3) is 0 Å². The highest BCUT2D eigenvalue weighted by Crippen LogP contribution is 2.69. The van der Waals surface area contributed by atoms with Crippen molar-refractivity contribution in [2.45, 2.75) is 109 Å². The molecule has 0 radical (unpaired) electrons. The second-order valence-corrected chi connectivity index (χ2v) is 12.7. The predicted molar refractivity (Wildman–Crippen MR) is 129 cm³/mol. The van der Waals surface area contributed by atoms with Gasteiger partial charge in [-0.25, -0.2) is 0 Å². The summed E-state index contributed by atoms with van der Waals surface area (Å²) in [6.45, 7) is 9.75. The van der Waals surface area contributed by atoms with Crippen LogP contribution >= 0.6 is 0 Å². The summed E-state index contributed by atoms with van der Waals surface area (Å²) in [4.78, 5) is 13.2. The van der Waals surface area contributed by atoms with Crippen molar-refractivity contribution in [1.29, 1.82) is 0 Å². The van der Waals surface area contributed by atoms with Crippen LogP contribution in [0.5, 0.6) is 0 Å². The highest BCUT2D eigenvalue weighted by Gasteiger charge is 2.73. The lowest BCUT2D eigenvalue weighted by Crippen LogP contribution is -2.74. The Balaban J connectivity index is 1.48. The van der Waals surface area contributed by atoms with Crippen LogP contribution in [0.2, 0.25) is 0 Å². The van der Waals surface area contributed by atoms with Crippen LogP contribution in [-0.2, 0) is 9.53 Å². The van der Waals surface area contributed by atoms with Gasteiger partial charge in [-0.05, 0) is 100 Å². The van der Waals surface area contributed by atoms with Gasteiger partial charge in [0.15, 0.2) is 12.1 Å². The molecule has 0 aromatic heterocycles. The molecule has 35 heavy (non-hydrogen) atoms. The Bertz CT molecular complexity index is 974. The predicted octanol–water partition coefficient (Wildman–Crippen LogP) is 2.24. The third-order valence-corrected chi connectivity index (χ3v) is 11.8. The second-order valence-electron chi connectivity index (χ2n) is 12.7. The van der Waals surface area contributed by atoms with E-state index >= 15 is 0 Å². The molecule has 1 unspecified atom stereocenters. The SMILES string of the molecule is CC1=C(C)C(O)O[C@@H]([C@@H](C)[C@@]2(O)CC[C@H]3[C@@H]4C[C@H](O)[C@]5(O)[C@@H](O)C=CC(=O)[C@]5(C)[C@H]4CC[C@@]32C)C1. The van der Waals surface area contributed by atoms with E-state index in [2.05, 4.69) is 6.92 Å². The minimum absolute atomic E-state index is 0.0559. The first-order valence-electron chi connectivity index (χ1n) is 13.3. The first kappa shape index (κ1) is 25.6. The zero-order chi connectivity index (χ0) is 25.7. The monoisotopic (exact) mass is 490 g/mol. The third-order valence-electron chi connectivity index (χ3n) is 11.8. The number of ketones is 1. The van der Waals surface area contributed by atoms with Crippen molar-refractivity contribution in [2.75, 3.05) is 0 Å². The molecule has 7 nitrogen and oxygen atoms in total. The number of carbonyl (C=O) groups excluding carboxylic acids is 1. The molecule has 196 valence electrons. The molecule has 3 fully saturated rings. The molecule has 0 bridgehead atoms. The fourth-order valence-electron chi connectivity index (χ4n) is 9.19. The third kappa shape index (κ3) is 3.03. The van der Waals surface area contributed by atoms with Crippen LogP contribution in [0.3, 0.4) is 0 Å². The van der Waals surface area contributed by atoms with Gasteiger partial charge in [0.1, 0.15) is 11.7 Å². The zero-order valence-corrected chi connectivity index (χ0v) is 21.6. The van der Waals surface area contributed by atoms with E-state index < -0.39 is 40.5 Å². The summed E-state index contributed by atoms with van der Waals surface area (Å²) < 4.78 is 5.97. The number of hydrogen-bond acceptors (Lipinski definition) is 7. The van der Waals surface area contributed by atoms with E-state index in [4.69, 9.17) is 4.74 Å². The largest absolute Gasteiger partial charge is 0.390 e. The standard InChI is InChI=1S/C28H42O7/c1-14-12-20(35-24(32)15(14)2)16(3)27(33)11-9-18-17-13-23(31)28(34)22(30)7-6-21(29)26(28,5)19(17)8-10-25(18,27)4/h6-7,16-20,22-24,30-34H,8-13H2,1-5H3/t16-,17+,18+,19+,20-,22+,23+,24?,25+,26+,27+,28-/m1/s1. The zero-order valence-electron chi connectivity index (χ0n) is 21.6. The van der Waals surface area contributed by atoms with Crippen LogP contribution < -0.4 is 0 Å². The lowest BCUT2D eigenvalue weighted by Gasteiger charge is -2.64. The molecule has 1 heterocycles. The summed E-state index contributed by atoms with van der Waals surface area (Å²) in [5.74, 6) is -0.647. The summed E-state index contributed by atoms with van der Waals surface area (Å²) in [6.07, 6.45) is 2.47. The molecule has 5 N–H and O–H groups in total. The Morgan fingerprint density at radius 3 is 2.37 bits per heavy atom. The van der Waals surface area contributed by atoms with E-state index in [1.807, 2.05) is 20.8 Å². The number of allylic oxidation sites excluding steroid dienone is 1. The number of aliphatic hydroxyl groups is 5. The van der Waals surface area contributed by atoms with Gasteiger partial charge in [0, 0.05) is 5.92 Å². The number of ether oxygens (including phenoxy) is 1. The van der Waals surface area contributed by atoms with Crippen LogP contribution in [0.4, 0.5) is 0 Å². The molecule has 0 aromatic carbocycles. The number of carbonyl (C=O) groups is 1. The summed E-state index contributed by atoms with van der Waals surface area (Å²) in [5.41, 5.74) is -2.74. The maximum Gasteiger partial charge on any atom is 0.177 e. The normalized spacial score (nSPS) is 54.8. The van der Waals surface area contributed by atoms with Gasteiger partial charge in [-0.2, -0.15) is 0 Å². The van der Waals surface area contributed by atoms with E-state index in [0.717, 1.165) is 17.6 Å². The Labute approximate surface area is 207 Å². The van der Waals surface area contributed by atoms with E-state index in [1.165, 1.54) is 12.2 Å². The topological polar surface area (TPSA) is 127 Å². The second kappa shape index (κ2) is 7.95. The van der Waals surface area contributed by atoms with Crippen LogP contribution in [-0.4, -0.2) is 67.1 Å². The summed E-state index contributed by atoms with van der Waals surface area (Å²) >= 11 is 0. The van der Waals surface area contributed by atoms with Gasteiger partial charge in [0.25, 0.3) is 0 Å². The smallest absolute Gasteiger partial charge is 0.177 e. The molecular weight excluding hydrogens is 448 g/mol. The number of aliphatic hydroxyl groups excluding tert-OH is 3. The van der Waals surface area contributed by atoms with E-state index in [-0.39, 0.29) is 35.6 Å². The van der Waals surface area contributed by atoms with E-state index in [1.54, 1.807) is 6.92 Å². The first-order valence-corrected chi connectivity index (χ1v) is 13.3. The van der Waals surface area contributed by atoms with Crippen molar-refractivity contribution in [3.8, 4) is 0 Å². The van der Waals surface area contributed by atoms with Gasteiger partial charge >= 0.3 is 0 Å². The van der Waals surface area contributed by atoms with E-state index in [9.17, 15) is 30.3 Å². The molecule has 0 amide bonds. The van der Waals surface area contributed by atoms with Gasteiger partial charge in [0.05, 0.1) is 23.2 Å². The quantitative estimate of drug-likeness (QED) is 0.376. The maximum atomic E-state index is 13.2. The van der Waals surface area contributed by atoms with Crippen molar-refractivity contribution < 1.29 is 35.1 Å². The molecule has 3 saturated carbocycles. The minimum Gasteiger partial charge on any atom is -0.390 e. The van der Waals surface area contributed by atoms with Crippen LogP contribution in [0.15, 0.2) is 23.3 Å². The fraction of sp³-hybridized carbons (Fsp3) is 0.821. The molecule has 4 aliphatic carbocycles. The first-order chi connectivity index (χ1) is 16.2. The summed E-state index contributed by atoms with van der Waals surface area (Å²) in [6, 6.07) is 0. The van der Waals surface area contributed by atoms with Gasteiger partial charge in [-0.1, -0.05) is 19.4 Å². The average Bonchev–Trinajstić information content (AvgIpc) is 3.09. The number of fused-ring (bicyclic) bond motifs is 5. The van der Waals surface area contributed by atoms with Gasteiger partial charge in [0.2, 0.25) is 0 Å². The van der Waals surface area contributed by atoms with Crippen molar-refractivity contribution >= 4 is 5.78 Å². The molecule has 5 aliphatic rings. The molecule has 0 aromatic rings. The maximum absolute atomic E-state index is 13.2. The van der Waals surface area contributed by atoms with Gasteiger partial charge in [-0.3, -0.25) is 4.79 Å².